The van der Waals surface area contributed by atoms with Gasteiger partial charge in [0.05, 0.1) is 48.8 Å². The lowest BCUT2D eigenvalue weighted by Gasteiger charge is -2.39. The zero-order valence-corrected chi connectivity index (χ0v) is 40.3. The first-order valence-corrected chi connectivity index (χ1v) is 23.2. The molecule has 1 fully saturated rings. The summed E-state index contributed by atoms with van der Waals surface area (Å²) in [6.45, 7) is 9.55. The van der Waals surface area contributed by atoms with Gasteiger partial charge in [0.15, 0.2) is 0 Å². The van der Waals surface area contributed by atoms with Gasteiger partial charge in [0, 0.05) is 81.9 Å². The molecule has 6 aromatic rings. The number of aromatic nitrogens is 8. The van der Waals surface area contributed by atoms with Crippen molar-refractivity contribution >= 4 is 75.3 Å². The first kappa shape index (κ1) is 49.7. The summed E-state index contributed by atoms with van der Waals surface area (Å²) in [4.78, 5) is 101. The van der Waals surface area contributed by atoms with E-state index in [4.69, 9.17) is 30.7 Å². The molecule has 6 heterocycles. The van der Waals surface area contributed by atoms with Gasteiger partial charge in [0.25, 0.3) is 23.6 Å². The highest BCUT2D eigenvalue weighted by Crippen LogP contribution is 2.33. The first-order valence-electron chi connectivity index (χ1n) is 23.2. The Bertz CT molecular complexity index is 3190. The largest absolute Gasteiger partial charge is 0.494 e. The van der Waals surface area contributed by atoms with Crippen LogP contribution in [0.4, 0.5) is 11.9 Å². The van der Waals surface area contributed by atoms with Gasteiger partial charge < -0.3 is 39.7 Å². The molecule has 0 saturated carbocycles. The minimum atomic E-state index is -0.727. The number of allylic oxidation sites excluding steroid dienone is 2. The van der Waals surface area contributed by atoms with E-state index in [1.807, 2.05) is 26.0 Å². The predicted molar refractivity (Wildman–Crippen MR) is 260 cm³/mol. The topological polar surface area (TPSA) is 301 Å². The third-order valence-corrected chi connectivity index (χ3v) is 12.0. The van der Waals surface area contributed by atoms with Crippen molar-refractivity contribution in [2.75, 3.05) is 50.6 Å². The Balaban J connectivity index is 1.04. The Hall–Kier alpha value is -8.67. The van der Waals surface area contributed by atoms with E-state index in [1.165, 1.54) is 43.5 Å². The van der Waals surface area contributed by atoms with E-state index in [0.717, 1.165) is 4.90 Å². The summed E-state index contributed by atoms with van der Waals surface area (Å²) in [6, 6.07) is 9.36. The van der Waals surface area contributed by atoms with Crippen LogP contribution in [0.3, 0.4) is 0 Å². The zero-order valence-electron chi connectivity index (χ0n) is 40.3. The Kier molecular flexibility index (Phi) is 14.6. The Morgan fingerprint density at radius 2 is 1.22 bits per heavy atom. The molecule has 1 saturated heterocycles. The highest BCUT2D eigenvalue weighted by Gasteiger charge is 2.33. The van der Waals surface area contributed by atoms with E-state index >= 15 is 0 Å². The average molecular weight is 987 g/mol. The van der Waals surface area contributed by atoms with E-state index in [2.05, 4.69) is 25.8 Å². The lowest BCUT2D eigenvalue weighted by molar-refractivity contribution is -0.146. The second kappa shape index (κ2) is 21.1. The number of aryl methyl sites for hydroxylation is 4. The smallest absolute Gasteiger partial charge is 0.276 e. The number of benzene rings is 2. The molecule has 24 nitrogen and oxygen atoms in total. The van der Waals surface area contributed by atoms with Crippen LogP contribution >= 0.6 is 0 Å². The number of anilines is 2. The number of imidazole rings is 2. The fourth-order valence-electron chi connectivity index (χ4n) is 8.44. The molecule has 0 radical (unpaired) electrons. The van der Waals surface area contributed by atoms with Gasteiger partial charge in [-0.3, -0.25) is 58.5 Å². The number of rotatable bonds is 22. The number of carbonyl (C=O) groups excluding carboxylic acids is 7. The summed E-state index contributed by atoms with van der Waals surface area (Å²) in [5, 5.41) is 14.6. The summed E-state index contributed by atoms with van der Waals surface area (Å²) in [6.07, 6.45) is 6.21. The van der Waals surface area contributed by atoms with Crippen molar-refractivity contribution in [2.45, 2.75) is 72.8 Å². The van der Waals surface area contributed by atoms with Gasteiger partial charge >= 0.3 is 0 Å². The Labute approximate surface area is 411 Å². The van der Waals surface area contributed by atoms with E-state index in [0.29, 0.717) is 77.4 Å². The van der Waals surface area contributed by atoms with Crippen LogP contribution < -0.4 is 31.6 Å². The molecule has 0 aliphatic carbocycles. The van der Waals surface area contributed by atoms with Crippen molar-refractivity contribution in [1.29, 1.82) is 0 Å². The number of hydrogen-bond donors (Lipinski definition) is 4. The van der Waals surface area contributed by atoms with Gasteiger partial charge in [-0.2, -0.15) is 10.2 Å². The fraction of sp³-hybridized carbons (Fsp3) is 0.354. The molecular weight excluding hydrogens is 933 g/mol. The van der Waals surface area contributed by atoms with Crippen molar-refractivity contribution in [3.8, 4) is 11.5 Å². The van der Waals surface area contributed by atoms with Gasteiger partial charge in [-0.25, -0.2) is 9.97 Å². The molecule has 0 atom stereocenters. The highest BCUT2D eigenvalue weighted by atomic mass is 16.5. The molecular formula is C48H54N14O10. The normalized spacial score (nSPS) is 13.7. The average Bonchev–Trinajstić information content (AvgIpc) is 4.16. The van der Waals surface area contributed by atoms with Gasteiger partial charge in [-0.05, 0) is 64.1 Å². The number of carbonyl (C=O) groups is 7. The molecule has 7 amide bonds. The van der Waals surface area contributed by atoms with Crippen molar-refractivity contribution in [1.82, 2.24) is 48.5 Å². The molecule has 2 aliphatic heterocycles. The number of nitrogens with zero attached hydrogens (tertiary/aromatic N) is 10. The number of likely N-dealkylation sites (tertiary alicyclic amines) is 1. The molecule has 0 spiro atoms. The summed E-state index contributed by atoms with van der Waals surface area (Å²) in [5.74, 6) is -2.61. The molecule has 72 heavy (non-hydrogen) atoms. The molecule has 376 valence electrons. The molecule has 2 aromatic carbocycles. The maximum Gasteiger partial charge on any atom is 0.276 e. The number of primary amides is 2. The summed E-state index contributed by atoms with van der Waals surface area (Å²) < 4.78 is 24.6. The van der Waals surface area contributed by atoms with E-state index < -0.39 is 35.4 Å². The van der Waals surface area contributed by atoms with Crippen LogP contribution in [-0.4, -0.2) is 136 Å². The van der Waals surface area contributed by atoms with Gasteiger partial charge in [-0.15, -0.1) is 0 Å². The summed E-state index contributed by atoms with van der Waals surface area (Å²) in [7, 11) is 1.44. The van der Waals surface area contributed by atoms with Gasteiger partial charge in [0.1, 0.15) is 33.9 Å². The van der Waals surface area contributed by atoms with Gasteiger partial charge in [-0.1, -0.05) is 12.2 Å². The first-order chi connectivity index (χ1) is 34.6. The molecule has 2 aliphatic rings. The lowest BCUT2D eigenvalue weighted by Crippen LogP contribution is -2.55. The van der Waals surface area contributed by atoms with Crippen molar-refractivity contribution in [3.05, 3.63) is 94.6 Å². The maximum absolute atomic E-state index is 13.9. The molecule has 0 bridgehead atoms. The predicted octanol–water partition coefficient (Wildman–Crippen LogP) is 2.71. The summed E-state index contributed by atoms with van der Waals surface area (Å²) >= 11 is 0. The SMILES string of the molecule is CCn1nc(C)cc1C(=O)Nc1nc2cc(C(N)=O)cc(OC)c2n1C/C=C/Cn1c(NC(=O)c2cc(C)nn2CC)nc2cc(C(N)=O)cc(OCCCOC3CN(C(=O)CCN4C(=O)C=CC4=O)C3)c21. The third kappa shape index (κ3) is 10.4. The minimum Gasteiger partial charge on any atom is -0.494 e. The lowest BCUT2D eigenvalue weighted by atomic mass is 10.1. The molecule has 8 rings (SSSR count). The molecule has 0 unspecified atom stereocenters. The minimum absolute atomic E-state index is 0.00976. The monoisotopic (exact) mass is 986 g/mol. The van der Waals surface area contributed by atoms with Crippen molar-refractivity contribution in [2.24, 2.45) is 11.5 Å². The molecule has 24 heteroatoms. The second-order valence-corrected chi connectivity index (χ2v) is 17.0. The van der Waals surface area contributed by atoms with E-state index in [-0.39, 0.29) is 85.8 Å². The Morgan fingerprint density at radius 3 is 1.71 bits per heavy atom. The van der Waals surface area contributed by atoms with Crippen LogP contribution in [-0.2, 0) is 45.3 Å². The third-order valence-electron chi connectivity index (χ3n) is 12.0. The number of ether oxygens (including phenoxy) is 3. The summed E-state index contributed by atoms with van der Waals surface area (Å²) in [5.41, 5.74) is 15.2. The van der Waals surface area contributed by atoms with Crippen molar-refractivity contribution in [3.63, 3.8) is 0 Å². The fourth-order valence-corrected chi connectivity index (χ4v) is 8.44. The zero-order chi connectivity index (χ0) is 51.4. The number of methoxy groups -OCH3 is 1. The standard InChI is InChI=1S/C48H54N14O10/c1-6-61-34(19-27(3)55-61)45(68)53-47-51-32-21-29(43(49)66)23-36(70-5)41(32)59(47)14-8-9-15-60-42-33(52-48(60)54-46(69)35-20-28(4)56-62(35)7-2)22-30(44(50)67)24-37(42)72-18-10-17-71-31-25-57(26-31)38(63)13-16-58-39(64)11-12-40(58)65/h8-9,11-12,19-24,31H,6-7,10,13-18,25-26H2,1-5H3,(H2,49,66)(H2,50,67)(H,51,53,68)(H,52,54,69)/b9-8+. The van der Waals surface area contributed by atoms with Crippen LogP contribution in [0.5, 0.6) is 11.5 Å². The Morgan fingerprint density at radius 1 is 0.722 bits per heavy atom. The van der Waals surface area contributed by atoms with Crippen LogP contribution in [0.2, 0.25) is 0 Å². The number of fused-ring (bicyclic) bond motifs is 2. The van der Waals surface area contributed by atoms with Crippen LogP contribution in [0.25, 0.3) is 22.1 Å². The maximum atomic E-state index is 13.9. The number of hydrogen-bond acceptors (Lipinski definition) is 14. The number of amides is 7. The van der Waals surface area contributed by atoms with Crippen LogP contribution in [0.1, 0.15) is 79.8 Å². The number of nitrogens with one attached hydrogen (secondary N) is 2. The van der Waals surface area contributed by atoms with Crippen LogP contribution in [0, 0.1) is 13.8 Å². The van der Waals surface area contributed by atoms with Gasteiger partial charge in [0.2, 0.25) is 29.6 Å². The van der Waals surface area contributed by atoms with E-state index in [1.54, 1.807) is 49.4 Å². The number of imide groups is 1. The second-order valence-electron chi connectivity index (χ2n) is 17.0. The molecule has 6 N–H and O–H groups in total. The molecule has 4 aromatic heterocycles. The van der Waals surface area contributed by atoms with E-state index in [9.17, 15) is 33.6 Å². The quantitative estimate of drug-likeness (QED) is 0.0432. The van der Waals surface area contributed by atoms with Crippen molar-refractivity contribution < 1.29 is 47.8 Å². The van der Waals surface area contributed by atoms with Crippen LogP contribution in [0.15, 0.2) is 60.7 Å². The highest BCUT2D eigenvalue weighted by molar-refractivity contribution is 6.13. The number of nitrogens with two attached hydrogens (primary N) is 2.